The molecule has 1 aliphatic rings. The summed E-state index contributed by atoms with van der Waals surface area (Å²) in [5.74, 6) is 0.866. The summed E-state index contributed by atoms with van der Waals surface area (Å²) in [4.78, 5) is 0. The van der Waals surface area contributed by atoms with E-state index >= 15 is 0 Å². The smallest absolute Gasteiger partial charge is 0.0277 e. The van der Waals surface area contributed by atoms with Gasteiger partial charge in [0.2, 0.25) is 0 Å². The van der Waals surface area contributed by atoms with Crippen LogP contribution in [0.15, 0.2) is 47.6 Å². The quantitative estimate of drug-likeness (QED) is 0.566. The van der Waals surface area contributed by atoms with Gasteiger partial charge in [-0.15, -0.1) is 0 Å². The Bertz CT molecular complexity index is 326. The Balaban J connectivity index is 2.87. The first kappa shape index (κ1) is 13.0. The van der Waals surface area contributed by atoms with Crippen LogP contribution in [0.5, 0.6) is 0 Å². The van der Waals surface area contributed by atoms with Gasteiger partial charge in [-0.3, -0.25) is 0 Å². The van der Waals surface area contributed by atoms with Crippen molar-refractivity contribution in [3.63, 3.8) is 0 Å². The molecule has 0 heterocycles. The summed E-state index contributed by atoms with van der Waals surface area (Å²) in [6, 6.07) is 0. The number of allylic oxidation sites excluding steroid dienone is 7. The Morgan fingerprint density at radius 2 is 2.31 bits per heavy atom. The van der Waals surface area contributed by atoms with Gasteiger partial charge in [0.05, 0.1) is 0 Å². The van der Waals surface area contributed by atoms with Crippen LogP contribution in [0, 0.1) is 5.92 Å². The number of rotatable bonds is 4. The lowest BCUT2D eigenvalue weighted by atomic mass is 9.86. The minimum atomic E-state index is 0.866. The van der Waals surface area contributed by atoms with E-state index in [2.05, 4.69) is 39.5 Å². The molecule has 0 aliphatic heterocycles. The van der Waals surface area contributed by atoms with Crippen molar-refractivity contribution in [1.82, 2.24) is 0 Å². The SMILES string of the molecule is C=C/C=C\C(CC)=C(/C)C1=CCC(C)CC1. The van der Waals surface area contributed by atoms with E-state index in [1.54, 1.807) is 5.57 Å². The molecule has 0 nitrogen and oxygen atoms in total. The first-order chi connectivity index (χ1) is 7.69. The largest absolute Gasteiger partial charge is 0.0991 e. The second-order valence-corrected chi connectivity index (χ2v) is 4.71. The highest BCUT2D eigenvalue weighted by molar-refractivity contribution is 5.39. The maximum absolute atomic E-state index is 3.72. The minimum Gasteiger partial charge on any atom is -0.0991 e. The van der Waals surface area contributed by atoms with Gasteiger partial charge in [0.25, 0.3) is 0 Å². The van der Waals surface area contributed by atoms with Crippen LogP contribution in [0.3, 0.4) is 0 Å². The van der Waals surface area contributed by atoms with Crippen molar-refractivity contribution in [3.8, 4) is 0 Å². The highest BCUT2D eigenvalue weighted by Gasteiger charge is 2.12. The van der Waals surface area contributed by atoms with Gasteiger partial charge in [-0.1, -0.05) is 44.7 Å². The first-order valence-electron chi connectivity index (χ1n) is 6.37. The van der Waals surface area contributed by atoms with Crippen LogP contribution in [-0.4, -0.2) is 0 Å². The predicted molar refractivity (Wildman–Crippen MR) is 73.4 cm³/mol. The minimum absolute atomic E-state index is 0.866. The summed E-state index contributed by atoms with van der Waals surface area (Å²) < 4.78 is 0. The van der Waals surface area contributed by atoms with Gasteiger partial charge in [-0.2, -0.15) is 0 Å². The molecule has 0 N–H and O–H groups in total. The zero-order chi connectivity index (χ0) is 12.0. The fourth-order valence-electron chi connectivity index (χ4n) is 2.20. The van der Waals surface area contributed by atoms with Crippen molar-refractivity contribution in [1.29, 1.82) is 0 Å². The Kier molecular flexibility index (Phi) is 5.31. The summed E-state index contributed by atoms with van der Waals surface area (Å²) in [6.45, 7) is 10.5. The Labute approximate surface area is 100 Å². The fraction of sp³-hybridized carbons (Fsp3) is 0.500. The van der Waals surface area contributed by atoms with Crippen molar-refractivity contribution in [2.75, 3.05) is 0 Å². The molecular formula is C16H24. The van der Waals surface area contributed by atoms with Gasteiger partial charge >= 0.3 is 0 Å². The van der Waals surface area contributed by atoms with Crippen molar-refractivity contribution in [3.05, 3.63) is 47.6 Å². The Morgan fingerprint density at radius 3 is 2.81 bits per heavy atom. The van der Waals surface area contributed by atoms with Gasteiger partial charge < -0.3 is 0 Å². The van der Waals surface area contributed by atoms with Gasteiger partial charge in [0, 0.05) is 0 Å². The molecule has 1 unspecified atom stereocenters. The van der Waals surface area contributed by atoms with Crippen LogP contribution < -0.4 is 0 Å². The predicted octanol–water partition coefficient (Wildman–Crippen LogP) is 5.20. The summed E-state index contributed by atoms with van der Waals surface area (Å²) in [5, 5.41) is 0. The van der Waals surface area contributed by atoms with E-state index in [0.29, 0.717) is 0 Å². The highest BCUT2D eigenvalue weighted by atomic mass is 14.2. The maximum Gasteiger partial charge on any atom is -0.0277 e. The maximum atomic E-state index is 3.72. The molecule has 0 spiro atoms. The molecule has 0 aromatic carbocycles. The second-order valence-electron chi connectivity index (χ2n) is 4.71. The van der Waals surface area contributed by atoms with Gasteiger partial charge in [-0.25, -0.2) is 0 Å². The van der Waals surface area contributed by atoms with E-state index in [1.165, 1.54) is 30.4 Å². The molecule has 0 heteroatoms. The van der Waals surface area contributed by atoms with Crippen molar-refractivity contribution in [2.45, 2.75) is 46.5 Å². The second kappa shape index (κ2) is 6.52. The lowest BCUT2D eigenvalue weighted by Gasteiger charge is -2.20. The summed E-state index contributed by atoms with van der Waals surface area (Å²) in [5.41, 5.74) is 4.48. The van der Waals surface area contributed by atoms with Gasteiger partial charge in [-0.05, 0) is 55.2 Å². The Hall–Kier alpha value is -1.04. The van der Waals surface area contributed by atoms with Crippen LogP contribution >= 0.6 is 0 Å². The molecule has 1 aliphatic carbocycles. The van der Waals surface area contributed by atoms with Crippen LogP contribution in [0.4, 0.5) is 0 Å². The molecule has 16 heavy (non-hydrogen) atoms. The molecule has 0 amide bonds. The summed E-state index contributed by atoms with van der Waals surface area (Å²) >= 11 is 0. The normalized spacial score (nSPS) is 22.9. The molecule has 0 saturated carbocycles. The monoisotopic (exact) mass is 216 g/mol. The zero-order valence-corrected chi connectivity index (χ0v) is 10.9. The van der Waals surface area contributed by atoms with E-state index in [-0.39, 0.29) is 0 Å². The van der Waals surface area contributed by atoms with Gasteiger partial charge in [0.15, 0.2) is 0 Å². The molecule has 0 saturated heterocycles. The number of hydrogen-bond acceptors (Lipinski definition) is 0. The van der Waals surface area contributed by atoms with E-state index < -0.39 is 0 Å². The molecule has 1 rings (SSSR count). The van der Waals surface area contributed by atoms with E-state index in [9.17, 15) is 0 Å². The van der Waals surface area contributed by atoms with Crippen LogP contribution in [0.1, 0.15) is 46.5 Å². The highest BCUT2D eigenvalue weighted by Crippen LogP contribution is 2.29. The lowest BCUT2D eigenvalue weighted by molar-refractivity contribution is 0.516. The average molecular weight is 216 g/mol. The van der Waals surface area contributed by atoms with Crippen LogP contribution in [0.25, 0.3) is 0 Å². The topological polar surface area (TPSA) is 0 Å². The van der Waals surface area contributed by atoms with E-state index in [0.717, 1.165) is 12.3 Å². The van der Waals surface area contributed by atoms with Gasteiger partial charge in [0.1, 0.15) is 0 Å². The first-order valence-corrected chi connectivity index (χ1v) is 6.37. The average Bonchev–Trinajstić information content (AvgIpc) is 2.30. The molecule has 0 fully saturated rings. The molecular weight excluding hydrogens is 192 g/mol. The number of hydrogen-bond donors (Lipinski definition) is 0. The molecule has 0 aromatic rings. The van der Waals surface area contributed by atoms with Crippen molar-refractivity contribution in [2.24, 2.45) is 5.92 Å². The zero-order valence-electron chi connectivity index (χ0n) is 10.9. The van der Waals surface area contributed by atoms with Crippen LogP contribution in [0.2, 0.25) is 0 Å². The molecule has 88 valence electrons. The van der Waals surface area contributed by atoms with E-state index in [1.807, 2.05) is 12.2 Å². The molecule has 1 atom stereocenters. The third-order valence-electron chi connectivity index (χ3n) is 3.45. The van der Waals surface area contributed by atoms with Crippen molar-refractivity contribution >= 4 is 0 Å². The lowest BCUT2D eigenvalue weighted by Crippen LogP contribution is -2.03. The molecule has 0 radical (unpaired) electrons. The molecule has 0 aromatic heterocycles. The van der Waals surface area contributed by atoms with E-state index in [4.69, 9.17) is 0 Å². The van der Waals surface area contributed by atoms with Crippen molar-refractivity contribution < 1.29 is 0 Å². The molecule has 0 bridgehead atoms. The fourth-order valence-corrected chi connectivity index (χ4v) is 2.20. The summed E-state index contributed by atoms with van der Waals surface area (Å²) in [7, 11) is 0. The third kappa shape index (κ3) is 3.52. The van der Waals surface area contributed by atoms with Crippen LogP contribution in [-0.2, 0) is 0 Å². The standard InChI is InChI=1S/C16H24/c1-5-7-8-15(6-2)14(4)16-11-9-13(3)10-12-16/h5,7-8,11,13H,1,6,9-10,12H2,2-4H3/b8-7-,15-14+. The third-order valence-corrected chi connectivity index (χ3v) is 3.45. The summed E-state index contributed by atoms with van der Waals surface area (Å²) in [6.07, 6.45) is 13.4. The Morgan fingerprint density at radius 1 is 1.56 bits per heavy atom.